The van der Waals surface area contributed by atoms with Crippen molar-refractivity contribution in [2.24, 2.45) is 0 Å². The van der Waals surface area contributed by atoms with Gasteiger partial charge in [0.1, 0.15) is 16.5 Å². The number of aromatic hydroxyl groups is 1. The van der Waals surface area contributed by atoms with Crippen LogP contribution in [-0.2, 0) is 5.75 Å². The van der Waals surface area contributed by atoms with Gasteiger partial charge in [-0.15, -0.1) is 0 Å². The van der Waals surface area contributed by atoms with E-state index in [1.165, 1.54) is 11.8 Å². The Kier molecular flexibility index (Phi) is 5.71. The Balaban J connectivity index is 1.42. The summed E-state index contributed by atoms with van der Waals surface area (Å²) < 4.78 is 5.10. The lowest BCUT2D eigenvalue weighted by atomic mass is 10.2. The number of amides is 1. The molecule has 8 heteroatoms. The molecular weight excluding hydrogens is 388 g/mol. The largest absolute Gasteiger partial charge is 0.506 e. The van der Waals surface area contributed by atoms with Gasteiger partial charge >= 0.3 is 0 Å². The summed E-state index contributed by atoms with van der Waals surface area (Å²) in [5.74, 6) is 1.60. The molecule has 1 aliphatic heterocycles. The molecule has 1 N–H and O–H groups in total. The molecule has 29 heavy (non-hydrogen) atoms. The number of carbonyl (C=O) groups excluding carboxylic acids is 1. The fraction of sp³-hybridized carbons (Fsp3) is 0.286. The fourth-order valence-corrected chi connectivity index (χ4v) is 4.22. The lowest BCUT2D eigenvalue weighted by Crippen LogP contribution is -2.49. The first-order valence-corrected chi connectivity index (χ1v) is 10.4. The van der Waals surface area contributed by atoms with Crippen molar-refractivity contribution >= 4 is 23.4 Å². The summed E-state index contributed by atoms with van der Waals surface area (Å²) in [4.78, 5) is 21.5. The molecule has 3 aromatic rings. The highest BCUT2D eigenvalue weighted by Gasteiger charge is 2.25. The SMILES string of the molecule is Cc1cc(CSc2ncccc2C(=O)N2CCN(c3ccccc3O)CC2)no1. The number of aryl methyl sites for hydroxylation is 1. The van der Waals surface area contributed by atoms with E-state index >= 15 is 0 Å². The van der Waals surface area contributed by atoms with Crippen LogP contribution in [0.4, 0.5) is 5.69 Å². The first-order chi connectivity index (χ1) is 14.1. The van der Waals surface area contributed by atoms with Gasteiger partial charge in [-0.1, -0.05) is 29.1 Å². The highest BCUT2D eigenvalue weighted by molar-refractivity contribution is 7.98. The van der Waals surface area contributed by atoms with Gasteiger partial charge in [0.15, 0.2) is 0 Å². The second-order valence-corrected chi connectivity index (χ2v) is 7.81. The molecule has 0 spiro atoms. The van der Waals surface area contributed by atoms with Crippen molar-refractivity contribution in [1.29, 1.82) is 0 Å². The summed E-state index contributed by atoms with van der Waals surface area (Å²) in [6.45, 7) is 4.38. The average Bonchev–Trinajstić information content (AvgIpc) is 3.18. The molecule has 150 valence electrons. The summed E-state index contributed by atoms with van der Waals surface area (Å²) >= 11 is 1.48. The molecule has 0 bridgehead atoms. The third-order valence-corrected chi connectivity index (χ3v) is 5.86. The van der Waals surface area contributed by atoms with Crippen LogP contribution < -0.4 is 4.90 Å². The van der Waals surface area contributed by atoms with Crippen LogP contribution in [0, 0.1) is 6.92 Å². The molecule has 1 aromatic carbocycles. The quantitative estimate of drug-likeness (QED) is 0.646. The lowest BCUT2D eigenvalue weighted by Gasteiger charge is -2.36. The van der Waals surface area contributed by atoms with Crippen LogP contribution in [0.25, 0.3) is 0 Å². The number of phenols is 1. The Bertz CT molecular complexity index is 999. The maximum Gasteiger partial charge on any atom is 0.256 e. The number of hydrogen-bond acceptors (Lipinski definition) is 7. The van der Waals surface area contributed by atoms with Crippen molar-refractivity contribution in [1.82, 2.24) is 15.0 Å². The van der Waals surface area contributed by atoms with E-state index in [1.807, 2.05) is 36.1 Å². The predicted octanol–water partition coefficient (Wildman–Crippen LogP) is 3.34. The monoisotopic (exact) mass is 410 g/mol. The van der Waals surface area contributed by atoms with Crippen LogP contribution in [0.3, 0.4) is 0 Å². The van der Waals surface area contributed by atoms with Crippen LogP contribution in [0.2, 0.25) is 0 Å². The van der Waals surface area contributed by atoms with Crippen molar-refractivity contribution in [3.05, 3.63) is 65.7 Å². The Morgan fingerprint density at radius 2 is 1.97 bits per heavy atom. The van der Waals surface area contributed by atoms with Gasteiger partial charge in [0, 0.05) is 44.2 Å². The highest BCUT2D eigenvalue weighted by atomic mass is 32.2. The van der Waals surface area contributed by atoms with Crippen LogP contribution in [0.5, 0.6) is 5.75 Å². The van der Waals surface area contributed by atoms with E-state index in [0.29, 0.717) is 42.5 Å². The van der Waals surface area contributed by atoms with Gasteiger partial charge in [-0.05, 0) is 31.2 Å². The zero-order valence-corrected chi connectivity index (χ0v) is 16.9. The summed E-state index contributed by atoms with van der Waals surface area (Å²) in [7, 11) is 0. The minimum Gasteiger partial charge on any atom is -0.506 e. The first-order valence-electron chi connectivity index (χ1n) is 9.44. The molecule has 1 aliphatic rings. The number of nitrogens with zero attached hydrogens (tertiary/aromatic N) is 4. The Morgan fingerprint density at radius 1 is 1.17 bits per heavy atom. The van der Waals surface area contributed by atoms with Crippen molar-refractivity contribution < 1.29 is 14.4 Å². The molecule has 1 saturated heterocycles. The van der Waals surface area contributed by atoms with Crippen LogP contribution >= 0.6 is 11.8 Å². The maximum atomic E-state index is 13.1. The minimum absolute atomic E-state index is 0.0196. The normalized spacial score (nSPS) is 14.2. The molecule has 0 radical (unpaired) electrons. The van der Waals surface area contributed by atoms with Gasteiger partial charge in [-0.3, -0.25) is 4.79 Å². The van der Waals surface area contributed by atoms with Gasteiger partial charge < -0.3 is 19.4 Å². The van der Waals surface area contributed by atoms with E-state index < -0.39 is 0 Å². The molecule has 2 aromatic heterocycles. The van der Waals surface area contributed by atoms with Crippen LogP contribution in [0.15, 0.2) is 58.2 Å². The summed E-state index contributed by atoms with van der Waals surface area (Å²) in [5.41, 5.74) is 2.24. The number of pyridine rings is 1. The molecular formula is C21H22N4O3S. The second kappa shape index (κ2) is 8.57. The van der Waals surface area contributed by atoms with Crippen molar-refractivity contribution in [3.8, 4) is 5.75 Å². The van der Waals surface area contributed by atoms with E-state index in [9.17, 15) is 9.90 Å². The van der Waals surface area contributed by atoms with Gasteiger partial charge in [-0.2, -0.15) is 0 Å². The predicted molar refractivity (Wildman–Crippen MR) is 111 cm³/mol. The number of aromatic nitrogens is 2. The summed E-state index contributed by atoms with van der Waals surface area (Å²) in [5, 5.41) is 14.8. The number of thioether (sulfide) groups is 1. The topological polar surface area (TPSA) is 82.7 Å². The van der Waals surface area contributed by atoms with E-state index in [-0.39, 0.29) is 11.7 Å². The Morgan fingerprint density at radius 3 is 2.69 bits per heavy atom. The molecule has 4 rings (SSSR count). The van der Waals surface area contributed by atoms with Crippen molar-refractivity contribution in [2.75, 3.05) is 31.1 Å². The average molecular weight is 410 g/mol. The van der Waals surface area contributed by atoms with Gasteiger partial charge in [-0.25, -0.2) is 4.98 Å². The number of hydrogen-bond donors (Lipinski definition) is 1. The zero-order valence-electron chi connectivity index (χ0n) is 16.1. The first kappa shape index (κ1) is 19.3. The smallest absolute Gasteiger partial charge is 0.256 e. The molecule has 0 aliphatic carbocycles. The molecule has 1 fully saturated rings. The molecule has 0 atom stereocenters. The van der Waals surface area contributed by atoms with Gasteiger partial charge in [0.05, 0.1) is 16.9 Å². The number of benzene rings is 1. The van der Waals surface area contributed by atoms with E-state index in [4.69, 9.17) is 4.52 Å². The molecule has 1 amide bonds. The minimum atomic E-state index is -0.0196. The van der Waals surface area contributed by atoms with Crippen LogP contribution in [0.1, 0.15) is 21.8 Å². The van der Waals surface area contributed by atoms with Crippen molar-refractivity contribution in [2.45, 2.75) is 17.7 Å². The van der Waals surface area contributed by atoms with E-state index in [2.05, 4.69) is 15.0 Å². The number of rotatable bonds is 5. The molecule has 0 unspecified atom stereocenters. The fourth-order valence-electron chi connectivity index (χ4n) is 3.35. The third kappa shape index (κ3) is 4.37. The Hall–Kier alpha value is -3.00. The molecule has 0 saturated carbocycles. The Labute approximate surface area is 173 Å². The number of carbonyl (C=O) groups is 1. The second-order valence-electron chi connectivity index (χ2n) is 6.84. The maximum absolute atomic E-state index is 13.1. The highest BCUT2D eigenvalue weighted by Crippen LogP contribution is 2.28. The van der Waals surface area contributed by atoms with Crippen molar-refractivity contribution in [3.63, 3.8) is 0 Å². The van der Waals surface area contributed by atoms with Gasteiger partial charge in [0.2, 0.25) is 0 Å². The third-order valence-electron chi connectivity index (χ3n) is 4.82. The van der Waals surface area contributed by atoms with Crippen LogP contribution in [-0.4, -0.2) is 52.2 Å². The zero-order chi connectivity index (χ0) is 20.2. The molecule has 3 heterocycles. The number of anilines is 1. The standard InChI is InChI=1S/C21H22N4O3S/c1-15-13-16(23-28-15)14-29-20-17(5-4-8-22-20)21(27)25-11-9-24(10-12-25)18-6-2-3-7-19(18)26/h2-8,13,26H,9-12,14H2,1H3. The molecule has 7 nitrogen and oxygen atoms in total. The van der Waals surface area contributed by atoms with E-state index in [1.54, 1.807) is 24.4 Å². The van der Waals surface area contributed by atoms with Gasteiger partial charge in [0.25, 0.3) is 5.91 Å². The number of piperazine rings is 1. The summed E-state index contributed by atoms with van der Waals surface area (Å²) in [6, 6.07) is 12.8. The summed E-state index contributed by atoms with van der Waals surface area (Å²) in [6.07, 6.45) is 1.70. The number of phenolic OH excluding ortho intramolecular Hbond substituents is 1. The van der Waals surface area contributed by atoms with E-state index in [0.717, 1.165) is 17.1 Å². The number of para-hydroxylation sites is 2. The lowest BCUT2D eigenvalue weighted by molar-refractivity contribution is 0.0742.